The second kappa shape index (κ2) is 9.74. The molecule has 2 rings (SSSR count). The summed E-state index contributed by atoms with van der Waals surface area (Å²) in [6.07, 6.45) is 3.40. The highest BCUT2D eigenvalue weighted by atomic mass is 35.5. The summed E-state index contributed by atoms with van der Waals surface area (Å²) in [5.74, 6) is 1.93. The van der Waals surface area contributed by atoms with Crippen LogP contribution in [-0.2, 0) is 0 Å². The van der Waals surface area contributed by atoms with E-state index in [1.54, 1.807) is 18.4 Å². The Kier molecular flexibility index (Phi) is 7.36. The Morgan fingerprint density at radius 1 is 1.04 bits per heavy atom. The van der Waals surface area contributed by atoms with Crippen molar-refractivity contribution in [1.82, 2.24) is 0 Å². The number of benzene rings is 2. The van der Waals surface area contributed by atoms with Gasteiger partial charge in [-0.2, -0.15) is 0 Å². The maximum absolute atomic E-state index is 6.33. The summed E-state index contributed by atoms with van der Waals surface area (Å²) in [5, 5.41) is 0.473. The van der Waals surface area contributed by atoms with E-state index in [-0.39, 0.29) is 0 Å². The third kappa shape index (κ3) is 5.54. The zero-order valence-corrected chi connectivity index (χ0v) is 15.3. The van der Waals surface area contributed by atoms with Gasteiger partial charge in [-0.15, -0.1) is 0 Å². The molecule has 2 aromatic carbocycles. The fraction of sp³-hybridized carbons (Fsp3) is 0.250. The molecule has 0 heterocycles. The number of hydrogen-bond donors (Lipinski definition) is 0. The van der Waals surface area contributed by atoms with Crippen molar-refractivity contribution in [3.63, 3.8) is 0 Å². The molecule has 0 spiro atoms. The van der Waals surface area contributed by atoms with E-state index in [0.29, 0.717) is 36.3 Å². The minimum absolute atomic E-state index is 0.361. The zero-order chi connectivity index (χ0) is 18.1. The normalized spacial score (nSPS) is 10.7. The van der Waals surface area contributed by atoms with Gasteiger partial charge in [-0.1, -0.05) is 24.3 Å². The largest absolute Gasteiger partial charge is 0.494 e. The van der Waals surface area contributed by atoms with Crippen LogP contribution in [0.15, 0.2) is 54.0 Å². The maximum Gasteiger partial charge on any atom is 0.180 e. The number of hydrogen-bond acceptors (Lipinski definition) is 4. The van der Waals surface area contributed by atoms with Crippen LogP contribution in [-0.4, -0.2) is 26.0 Å². The van der Waals surface area contributed by atoms with E-state index < -0.39 is 0 Å². The second-order valence-electron chi connectivity index (χ2n) is 5.05. The molecule has 0 aliphatic heterocycles. The average Bonchev–Trinajstić information content (AvgIpc) is 2.61. The molecule has 4 nitrogen and oxygen atoms in total. The molecular weight excluding hydrogens is 338 g/mol. The van der Waals surface area contributed by atoms with Crippen LogP contribution >= 0.6 is 11.6 Å². The van der Waals surface area contributed by atoms with E-state index in [4.69, 9.17) is 25.8 Å². The minimum atomic E-state index is 0.361. The zero-order valence-electron chi connectivity index (χ0n) is 14.5. The van der Waals surface area contributed by atoms with Crippen molar-refractivity contribution in [3.05, 3.63) is 59.6 Å². The summed E-state index contributed by atoms with van der Waals surface area (Å²) in [4.78, 5) is 4.46. The maximum atomic E-state index is 6.33. The molecule has 0 saturated carbocycles. The Bertz CT molecular complexity index is 726. The van der Waals surface area contributed by atoms with Gasteiger partial charge in [0.1, 0.15) is 12.4 Å². The summed E-state index contributed by atoms with van der Waals surface area (Å²) in [6, 6.07) is 11.2. The molecule has 0 N–H and O–H groups in total. The lowest BCUT2D eigenvalue weighted by atomic mass is 10.2. The van der Waals surface area contributed by atoms with Crippen LogP contribution in [0, 0.1) is 0 Å². The molecule has 0 aliphatic carbocycles. The standard InChI is InChI=1S/C20H22ClNO3/c1-4-11-25-20-18(21)12-15(13-19(20)24-6-3)14-22-16-7-9-17(10-8-16)23-5-2/h4,7-10,12-14H,1,5-6,11H2,2-3H3. The Balaban J connectivity index is 2.21. The first-order valence-electron chi connectivity index (χ1n) is 8.14. The second-order valence-corrected chi connectivity index (χ2v) is 5.45. The molecule has 25 heavy (non-hydrogen) atoms. The van der Waals surface area contributed by atoms with E-state index in [1.807, 2.05) is 44.2 Å². The average molecular weight is 360 g/mol. The minimum Gasteiger partial charge on any atom is -0.494 e. The lowest BCUT2D eigenvalue weighted by molar-refractivity contribution is 0.297. The Hall–Kier alpha value is -2.46. The van der Waals surface area contributed by atoms with E-state index >= 15 is 0 Å². The van der Waals surface area contributed by atoms with E-state index in [2.05, 4.69) is 11.6 Å². The number of ether oxygens (including phenoxy) is 3. The summed E-state index contributed by atoms with van der Waals surface area (Å²) in [5.41, 5.74) is 1.65. The topological polar surface area (TPSA) is 40.0 Å². The number of rotatable bonds is 9. The lowest BCUT2D eigenvalue weighted by Gasteiger charge is -2.13. The first-order chi connectivity index (χ1) is 12.2. The van der Waals surface area contributed by atoms with Crippen molar-refractivity contribution in [3.8, 4) is 17.2 Å². The molecule has 0 unspecified atom stereocenters. The van der Waals surface area contributed by atoms with E-state index in [9.17, 15) is 0 Å². The van der Waals surface area contributed by atoms with Gasteiger partial charge in [-0.3, -0.25) is 4.99 Å². The summed E-state index contributed by atoms with van der Waals surface area (Å²) in [6.45, 7) is 9.02. The Labute approximate surface area is 153 Å². The fourth-order valence-electron chi connectivity index (χ4n) is 2.15. The SMILES string of the molecule is C=CCOc1c(Cl)cc(C=Nc2ccc(OCC)cc2)cc1OCC. The molecule has 0 aliphatic rings. The highest BCUT2D eigenvalue weighted by Crippen LogP contribution is 2.36. The molecule has 0 fully saturated rings. The van der Waals surface area contributed by atoms with Gasteiger partial charge in [-0.25, -0.2) is 0 Å². The summed E-state index contributed by atoms with van der Waals surface area (Å²) < 4.78 is 16.6. The Morgan fingerprint density at radius 3 is 2.40 bits per heavy atom. The molecule has 132 valence electrons. The molecule has 0 amide bonds. The third-order valence-electron chi connectivity index (χ3n) is 3.19. The van der Waals surface area contributed by atoms with Gasteiger partial charge in [0, 0.05) is 6.21 Å². The van der Waals surface area contributed by atoms with Crippen molar-refractivity contribution < 1.29 is 14.2 Å². The monoisotopic (exact) mass is 359 g/mol. The van der Waals surface area contributed by atoms with Gasteiger partial charge in [0.05, 0.1) is 23.9 Å². The smallest absolute Gasteiger partial charge is 0.180 e. The molecule has 0 saturated heterocycles. The van der Waals surface area contributed by atoms with E-state index in [0.717, 1.165) is 17.0 Å². The Morgan fingerprint density at radius 2 is 1.76 bits per heavy atom. The first kappa shape index (κ1) is 18.9. The molecule has 0 radical (unpaired) electrons. The summed E-state index contributed by atoms with van der Waals surface area (Å²) >= 11 is 6.33. The number of nitrogens with zero attached hydrogens (tertiary/aromatic N) is 1. The van der Waals surface area contributed by atoms with Gasteiger partial charge in [0.25, 0.3) is 0 Å². The van der Waals surface area contributed by atoms with Crippen molar-refractivity contribution in [1.29, 1.82) is 0 Å². The van der Waals surface area contributed by atoms with Crippen molar-refractivity contribution in [2.75, 3.05) is 19.8 Å². The molecule has 0 atom stereocenters. The predicted octanol–water partition coefficient (Wildman–Crippen LogP) is 5.45. The summed E-state index contributed by atoms with van der Waals surface area (Å²) in [7, 11) is 0. The number of halogens is 1. The number of aliphatic imine (C=N–C) groups is 1. The van der Waals surface area contributed by atoms with Crippen LogP contribution in [0.25, 0.3) is 0 Å². The van der Waals surface area contributed by atoms with E-state index in [1.165, 1.54) is 0 Å². The van der Waals surface area contributed by atoms with Crippen LogP contribution in [0.4, 0.5) is 5.69 Å². The van der Waals surface area contributed by atoms with Gasteiger partial charge in [0.15, 0.2) is 11.5 Å². The van der Waals surface area contributed by atoms with Crippen LogP contribution in [0.1, 0.15) is 19.4 Å². The molecule has 0 bridgehead atoms. The van der Waals surface area contributed by atoms with Crippen molar-refractivity contribution in [2.24, 2.45) is 4.99 Å². The van der Waals surface area contributed by atoms with Crippen LogP contribution in [0.5, 0.6) is 17.2 Å². The van der Waals surface area contributed by atoms with Gasteiger partial charge >= 0.3 is 0 Å². The van der Waals surface area contributed by atoms with Gasteiger partial charge in [-0.05, 0) is 55.8 Å². The highest BCUT2D eigenvalue weighted by Gasteiger charge is 2.11. The van der Waals surface area contributed by atoms with Crippen molar-refractivity contribution >= 4 is 23.5 Å². The molecular formula is C20H22ClNO3. The highest BCUT2D eigenvalue weighted by molar-refractivity contribution is 6.32. The molecule has 0 aromatic heterocycles. The lowest BCUT2D eigenvalue weighted by Crippen LogP contribution is -2.00. The van der Waals surface area contributed by atoms with Crippen molar-refractivity contribution in [2.45, 2.75) is 13.8 Å². The van der Waals surface area contributed by atoms with Crippen LogP contribution < -0.4 is 14.2 Å². The quantitative estimate of drug-likeness (QED) is 0.441. The van der Waals surface area contributed by atoms with Crippen LogP contribution in [0.2, 0.25) is 5.02 Å². The third-order valence-corrected chi connectivity index (χ3v) is 3.47. The molecule has 5 heteroatoms. The fourth-order valence-corrected chi connectivity index (χ4v) is 2.43. The first-order valence-corrected chi connectivity index (χ1v) is 8.52. The molecule has 2 aromatic rings. The van der Waals surface area contributed by atoms with Gasteiger partial charge in [0.2, 0.25) is 0 Å². The van der Waals surface area contributed by atoms with Crippen LogP contribution in [0.3, 0.4) is 0 Å². The van der Waals surface area contributed by atoms with Gasteiger partial charge < -0.3 is 14.2 Å². The predicted molar refractivity (Wildman–Crippen MR) is 103 cm³/mol.